The normalized spacial score (nSPS) is 10.7. The van der Waals surface area contributed by atoms with Crippen molar-refractivity contribution in [1.29, 1.82) is 5.26 Å². The van der Waals surface area contributed by atoms with Crippen molar-refractivity contribution in [1.82, 2.24) is 14.8 Å². The standard InChI is InChI=1S/C16H14N4OS2/c17-6-3-7-22-10-13-11-23-15(19-13)9-20-16(21)14-5-2-1-4-12(14)8-18-20/h1-2,4-5,8,11H,3,7,9-10H2. The van der Waals surface area contributed by atoms with Crippen LogP contribution in [0.15, 0.2) is 40.6 Å². The van der Waals surface area contributed by atoms with Crippen molar-refractivity contribution in [3.8, 4) is 6.07 Å². The summed E-state index contributed by atoms with van der Waals surface area (Å²) in [6.45, 7) is 0.386. The Morgan fingerprint density at radius 1 is 1.35 bits per heavy atom. The van der Waals surface area contributed by atoms with Crippen LogP contribution in [-0.4, -0.2) is 20.5 Å². The van der Waals surface area contributed by atoms with Gasteiger partial charge in [-0.05, 0) is 6.07 Å². The van der Waals surface area contributed by atoms with Crippen LogP contribution >= 0.6 is 23.1 Å². The third-order valence-corrected chi connectivity index (χ3v) is 5.13. The molecule has 0 spiro atoms. The van der Waals surface area contributed by atoms with Gasteiger partial charge in [0.15, 0.2) is 0 Å². The maximum absolute atomic E-state index is 12.4. The number of aromatic nitrogens is 3. The predicted octanol–water partition coefficient (Wildman–Crippen LogP) is 3.05. The molecule has 3 rings (SSSR count). The van der Waals surface area contributed by atoms with Crippen LogP contribution in [0.5, 0.6) is 0 Å². The summed E-state index contributed by atoms with van der Waals surface area (Å²) in [5.41, 5.74) is 0.894. The maximum atomic E-state index is 12.4. The Morgan fingerprint density at radius 2 is 2.22 bits per heavy atom. The van der Waals surface area contributed by atoms with Crippen LogP contribution in [0.2, 0.25) is 0 Å². The van der Waals surface area contributed by atoms with Gasteiger partial charge in [-0.15, -0.1) is 11.3 Å². The summed E-state index contributed by atoms with van der Waals surface area (Å²) in [6, 6.07) is 9.57. The third-order valence-electron chi connectivity index (χ3n) is 3.25. The Morgan fingerprint density at radius 3 is 3.09 bits per heavy atom. The largest absolute Gasteiger partial charge is 0.275 e. The third kappa shape index (κ3) is 3.78. The number of thioether (sulfide) groups is 1. The molecule has 0 unspecified atom stereocenters. The van der Waals surface area contributed by atoms with E-state index < -0.39 is 0 Å². The highest BCUT2D eigenvalue weighted by molar-refractivity contribution is 7.98. The highest BCUT2D eigenvalue weighted by Gasteiger charge is 2.07. The number of fused-ring (bicyclic) bond motifs is 1. The number of hydrogen-bond acceptors (Lipinski definition) is 6. The minimum Gasteiger partial charge on any atom is -0.267 e. The van der Waals surface area contributed by atoms with Crippen LogP contribution in [0, 0.1) is 11.3 Å². The molecule has 0 radical (unpaired) electrons. The van der Waals surface area contributed by atoms with Crippen LogP contribution < -0.4 is 5.56 Å². The molecule has 0 aliphatic heterocycles. The van der Waals surface area contributed by atoms with E-state index in [-0.39, 0.29) is 5.56 Å². The smallest absolute Gasteiger partial charge is 0.267 e. The van der Waals surface area contributed by atoms with E-state index in [0.29, 0.717) is 18.4 Å². The molecule has 1 aromatic carbocycles. The van der Waals surface area contributed by atoms with Crippen molar-refractivity contribution in [2.45, 2.75) is 18.7 Å². The molecule has 5 nitrogen and oxygen atoms in total. The van der Waals surface area contributed by atoms with Crippen molar-refractivity contribution >= 4 is 33.9 Å². The second-order valence-electron chi connectivity index (χ2n) is 4.89. The van der Waals surface area contributed by atoms with Gasteiger partial charge in [-0.3, -0.25) is 4.79 Å². The van der Waals surface area contributed by atoms with Gasteiger partial charge < -0.3 is 0 Å². The van der Waals surface area contributed by atoms with Gasteiger partial charge in [-0.25, -0.2) is 9.67 Å². The lowest BCUT2D eigenvalue weighted by atomic mass is 10.2. The molecule has 7 heteroatoms. The van der Waals surface area contributed by atoms with E-state index in [9.17, 15) is 4.79 Å². The fraction of sp³-hybridized carbons (Fsp3) is 0.250. The zero-order valence-electron chi connectivity index (χ0n) is 12.3. The Labute approximate surface area is 141 Å². The van der Waals surface area contributed by atoms with E-state index >= 15 is 0 Å². The van der Waals surface area contributed by atoms with Gasteiger partial charge in [-0.1, -0.05) is 18.2 Å². The predicted molar refractivity (Wildman–Crippen MR) is 93.6 cm³/mol. The molecule has 0 saturated heterocycles. The summed E-state index contributed by atoms with van der Waals surface area (Å²) in [7, 11) is 0. The molecular formula is C16H14N4OS2. The minimum atomic E-state index is -0.0942. The van der Waals surface area contributed by atoms with Crippen LogP contribution in [0.25, 0.3) is 10.8 Å². The first-order chi connectivity index (χ1) is 11.3. The molecule has 116 valence electrons. The molecule has 2 heterocycles. The number of rotatable bonds is 6. The van der Waals surface area contributed by atoms with Gasteiger partial charge in [0.1, 0.15) is 5.01 Å². The first kappa shape index (κ1) is 15.7. The molecule has 0 bridgehead atoms. The number of nitriles is 1. The van der Waals surface area contributed by atoms with Gasteiger partial charge in [0.05, 0.1) is 29.9 Å². The second-order valence-corrected chi connectivity index (χ2v) is 6.94. The van der Waals surface area contributed by atoms with Gasteiger partial charge in [0.2, 0.25) is 0 Å². The van der Waals surface area contributed by atoms with Crippen LogP contribution in [-0.2, 0) is 12.3 Å². The summed E-state index contributed by atoms with van der Waals surface area (Å²) in [5.74, 6) is 1.60. The van der Waals surface area contributed by atoms with Crippen LogP contribution in [0.1, 0.15) is 17.1 Å². The quantitative estimate of drug-likeness (QED) is 0.644. The van der Waals surface area contributed by atoms with Gasteiger partial charge in [0, 0.05) is 28.7 Å². The molecule has 0 atom stereocenters. The molecule has 0 amide bonds. The fourth-order valence-electron chi connectivity index (χ4n) is 2.15. The Bertz CT molecular complexity index is 910. The molecule has 2 aromatic heterocycles. The summed E-state index contributed by atoms with van der Waals surface area (Å²) in [4.78, 5) is 17.0. The van der Waals surface area contributed by atoms with E-state index in [4.69, 9.17) is 5.26 Å². The van der Waals surface area contributed by atoms with E-state index in [1.165, 1.54) is 16.0 Å². The first-order valence-electron chi connectivity index (χ1n) is 7.11. The first-order valence-corrected chi connectivity index (χ1v) is 9.14. The molecule has 23 heavy (non-hydrogen) atoms. The van der Waals surface area contributed by atoms with Crippen LogP contribution in [0.4, 0.5) is 0 Å². The molecule has 0 aliphatic rings. The van der Waals surface area contributed by atoms with Crippen molar-refractivity contribution in [3.05, 3.63) is 56.9 Å². The SMILES string of the molecule is N#CCCSCc1csc(Cn2ncc3ccccc3c2=O)n1. The average Bonchev–Trinajstić information content (AvgIpc) is 3.02. The number of nitrogens with zero attached hydrogens (tertiary/aromatic N) is 4. The summed E-state index contributed by atoms with van der Waals surface area (Å²) < 4.78 is 1.45. The van der Waals surface area contributed by atoms with Crippen molar-refractivity contribution in [2.75, 3.05) is 5.75 Å². The lowest BCUT2D eigenvalue weighted by molar-refractivity contribution is 0.644. The van der Waals surface area contributed by atoms with E-state index in [1.54, 1.807) is 18.0 Å². The number of thiazole rings is 1. The van der Waals surface area contributed by atoms with Crippen molar-refractivity contribution < 1.29 is 0 Å². The Hall–Kier alpha value is -2.17. The van der Waals surface area contributed by atoms with Crippen LogP contribution in [0.3, 0.4) is 0 Å². The van der Waals surface area contributed by atoms with Gasteiger partial charge in [-0.2, -0.15) is 22.1 Å². The molecule has 0 fully saturated rings. The molecular weight excluding hydrogens is 328 g/mol. The molecule has 0 aliphatic carbocycles. The fourth-order valence-corrected chi connectivity index (χ4v) is 3.77. The second kappa shape index (κ2) is 7.40. The topological polar surface area (TPSA) is 71.6 Å². The monoisotopic (exact) mass is 342 g/mol. The lowest BCUT2D eigenvalue weighted by Crippen LogP contribution is -2.23. The Kier molecular flexibility index (Phi) is 5.05. The number of hydrogen-bond donors (Lipinski definition) is 0. The minimum absolute atomic E-state index is 0.0942. The molecule has 0 saturated carbocycles. The highest BCUT2D eigenvalue weighted by Crippen LogP contribution is 2.17. The average molecular weight is 342 g/mol. The summed E-state index contributed by atoms with van der Waals surface area (Å²) in [6.07, 6.45) is 2.26. The number of benzene rings is 1. The summed E-state index contributed by atoms with van der Waals surface area (Å²) in [5, 5.41) is 17.1. The lowest BCUT2D eigenvalue weighted by Gasteiger charge is -2.03. The van der Waals surface area contributed by atoms with E-state index in [1.807, 2.05) is 29.6 Å². The van der Waals surface area contributed by atoms with E-state index in [0.717, 1.165) is 27.6 Å². The van der Waals surface area contributed by atoms with Gasteiger partial charge >= 0.3 is 0 Å². The van der Waals surface area contributed by atoms with Crippen molar-refractivity contribution in [2.24, 2.45) is 0 Å². The molecule has 3 aromatic rings. The summed E-state index contributed by atoms with van der Waals surface area (Å²) >= 11 is 3.23. The zero-order valence-corrected chi connectivity index (χ0v) is 13.9. The zero-order chi connectivity index (χ0) is 16.1. The highest BCUT2D eigenvalue weighted by atomic mass is 32.2. The molecule has 0 N–H and O–H groups in total. The van der Waals surface area contributed by atoms with Gasteiger partial charge in [0.25, 0.3) is 5.56 Å². The van der Waals surface area contributed by atoms with E-state index in [2.05, 4.69) is 16.2 Å². The maximum Gasteiger partial charge on any atom is 0.275 e. The Balaban J connectivity index is 1.73. The van der Waals surface area contributed by atoms with Crippen molar-refractivity contribution in [3.63, 3.8) is 0 Å².